The largest absolute Gasteiger partial charge is 0.310 e. The number of hydrogen-bond donors (Lipinski definition) is 0. The second kappa shape index (κ2) is 3.71. The Morgan fingerprint density at radius 1 is 1.40 bits per heavy atom. The molecular weight excluding hydrogens is 126 g/mol. The van der Waals surface area contributed by atoms with Crippen molar-refractivity contribution in [3.8, 4) is 0 Å². The van der Waals surface area contributed by atoms with Crippen molar-refractivity contribution in [3.63, 3.8) is 0 Å². The number of nitrogens with zero attached hydrogens (tertiary/aromatic N) is 1. The summed E-state index contributed by atoms with van der Waals surface area (Å²) in [6, 6.07) is 0. The quantitative estimate of drug-likeness (QED) is 0.547. The Kier molecular flexibility index (Phi) is 3.58. The number of hydrogen-bond acceptors (Lipinski definition) is 1. The first-order chi connectivity index (χ1) is 4.56. The second-order valence-electron chi connectivity index (χ2n) is 2.95. The molecule has 0 aliphatic carbocycles. The summed E-state index contributed by atoms with van der Waals surface area (Å²) in [5.74, 6) is 0.268. The van der Waals surface area contributed by atoms with Crippen LogP contribution in [0.15, 0.2) is 0 Å². The summed E-state index contributed by atoms with van der Waals surface area (Å²) in [6.45, 7) is 7.69. The normalized spacial score (nSPS) is 16.4. The highest BCUT2D eigenvalue weighted by Crippen LogP contribution is 2.03. The van der Waals surface area contributed by atoms with E-state index in [0.29, 0.717) is 4.48 Å². The van der Waals surface area contributed by atoms with Crippen molar-refractivity contribution in [2.24, 2.45) is 0 Å². The van der Waals surface area contributed by atoms with Gasteiger partial charge in [0.15, 0.2) is 0 Å². The van der Waals surface area contributed by atoms with E-state index in [1.54, 1.807) is 6.92 Å². The number of carbonyl (C=O) groups is 1. The lowest BCUT2D eigenvalue weighted by Gasteiger charge is -2.28. The minimum absolute atomic E-state index is 0.268. The van der Waals surface area contributed by atoms with E-state index in [1.807, 2.05) is 7.05 Å². The first kappa shape index (κ1) is 9.63. The van der Waals surface area contributed by atoms with Crippen molar-refractivity contribution in [3.05, 3.63) is 0 Å². The van der Waals surface area contributed by atoms with Crippen LogP contribution in [0.1, 0.15) is 27.2 Å². The Bertz CT molecular complexity index is 122. The fourth-order valence-corrected chi connectivity index (χ4v) is 1.03. The van der Waals surface area contributed by atoms with Crippen molar-refractivity contribution in [2.75, 3.05) is 20.1 Å². The fraction of sp³-hybridized carbons (Fsp3) is 0.875. The molecule has 0 bridgehead atoms. The van der Waals surface area contributed by atoms with E-state index in [9.17, 15) is 4.79 Å². The third-order valence-electron chi connectivity index (χ3n) is 2.18. The summed E-state index contributed by atoms with van der Waals surface area (Å²) in [7, 11) is 1.99. The molecule has 0 saturated heterocycles. The standard InChI is InChI=1S/C8H18NO/c1-5-7-9(4,6-2)8(3)10/h5-7H2,1-4H3/q+1. The Labute approximate surface area is 63.4 Å². The van der Waals surface area contributed by atoms with Gasteiger partial charge in [-0.3, -0.25) is 4.48 Å². The topological polar surface area (TPSA) is 17.1 Å². The van der Waals surface area contributed by atoms with E-state index < -0.39 is 0 Å². The molecule has 60 valence electrons. The first-order valence-electron chi connectivity index (χ1n) is 3.92. The summed E-state index contributed by atoms with van der Waals surface area (Å²) >= 11 is 0. The molecule has 0 aliphatic heterocycles. The molecule has 0 aromatic rings. The van der Waals surface area contributed by atoms with Crippen LogP contribution >= 0.6 is 0 Å². The Morgan fingerprint density at radius 3 is 2.00 bits per heavy atom. The van der Waals surface area contributed by atoms with E-state index in [-0.39, 0.29) is 5.91 Å². The van der Waals surface area contributed by atoms with Crippen molar-refractivity contribution in [1.29, 1.82) is 0 Å². The summed E-state index contributed by atoms with van der Waals surface area (Å²) in [4.78, 5) is 11.1. The van der Waals surface area contributed by atoms with E-state index in [1.165, 1.54) is 0 Å². The molecule has 10 heavy (non-hydrogen) atoms. The van der Waals surface area contributed by atoms with E-state index >= 15 is 0 Å². The van der Waals surface area contributed by atoms with Crippen molar-refractivity contribution < 1.29 is 9.28 Å². The molecule has 0 aliphatic rings. The van der Waals surface area contributed by atoms with Crippen molar-refractivity contribution >= 4 is 5.91 Å². The summed E-state index contributed by atoms with van der Waals surface area (Å²) in [6.07, 6.45) is 1.07. The van der Waals surface area contributed by atoms with Crippen LogP contribution in [0.3, 0.4) is 0 Å². The molecule has 1 amide bonds. The summed E-state index contributed by atoms with van der Waals surface area (Å²) in [5, 5.41) is 0. The zero-order valence-electron chi connectivity index (χ0n) is 7.48. The molecule has 0 saturated carbocycles. The molecule has 0 aromatic carbocycles. The lowest BCUT2D eigenvalue weighted by molar-refractivity contribution is -0.832. The highest BCUT2D eigenvalue weighted by molar-refractivity contribution is 5.65. The summed E-state index contributed by atoms with van der Waals surface area (Å²) in [5.41, 5.74) is 0. The van der Waals surface area contributed by atoms with Crippen molar-refractivity contribution in [2.45, 2.75) is 27.2 Å². The van der Waals surface area contributed by atoms with Crippen LogP contribution < -0.4 is 0 Å². The van der Waals surface area contributed by atoms with Crippen LogP contribution in [0.2, 0.25) is 0 Å². The van der Waals surface area contributed by atoms with Gasteiger partial charge in [-0.1, -0.05) is 6.92 Å². The molecule has 1 unspecified atom stereocenters. The van der Waals surface area contributed by atoms with Gasteiger partial charge in [-0.25, -0.2) is 4.79 Å². The van der Waals surface area contributed by atoms with E-state index in [4.69, 9.17) is 0 Å². The van der Waals surface area contributed by atoms with Gasteiger partial charge in [0.2, 0.25) is 0 Å². The van der Waals surface area contributed by atoms with Gasteiger partial charge in [-0.15, -0.1) is 0 Å². The predicted octanol–water partition coefficient (Wildman–Crippen LogP) is 1.41. The van der Waals surface area contributed by atoms with Crippen LogP contribution in [-0.4, -0.2) is 30.5 Å². The number of rotatable bonds is 3. The minimum Gasteiger partial charge on any atom is -0.263 e. The van der Waals surface area contributed by atoms with Gasteiger partial charge in [0.05, 0.1) is 27.1 Å². The second-order valence-corrected chi connectivity index (χ2v) is 2.95. The first-order valence-corrected chi connectivity index (χ1v) is 3.92. The maximum atomic E-state index is 11.1. The molecular formula is C8H18NO+. The number of carbonyl (C=O) groups excluding carboxylic acids is 1. The Morgan fingerprint density at radius 2 is 1.90 bits per heavy atom. The monoisotopic (exact) mass is 144 g/mol. The van der Waals surface area contributed by atoms with Gasteiger partial charge < -0.3 is 0 Å². The Balaban J connectivity index is 4.08. The molecule has 0 N–H and O–H groups in total. The molecule has 2 heteroatoms. The highest BCUT2D eigenvalue weighted by atomic mass is 16.2. The van der Waals surface area contributed by atoms with Gasteiger partial charge in [0, 0.05) is 0 Å². The van der Waals surface area contributed by atoms with Crippen LogP contribution in [0.5, 0.6) is 0 Å². The SMILES string of the molecule is CCC[N+](C)(CC)C(C)=O. The highest BCUT2D eigenvalue weighted by Gasteiger charge is 2.23. The molecule has 2 nitrogen and oxygen atoms in total. The van der Waals surface area contributed by atoms with Gasteiger partial charge >= 0.3 is 5.91 Å². The maximum Gasteiger partial charge on any atom is 0.310 e. The number of amides is 1. The van der Waals surface area contributed by atoms with Crippen LogP contribution in [0, 0.1) is 0 Å². The van der Waals surface area contributed by atoms with Crippen molar-refractivity contribution in [1.82, 2.24) is 0 Å². The zero-order valence-corrected chi connectivity index (χ0v) is 7.48. The molecule has 0 radical (unpaired) electrons. The number of quaternary nitrogens is 1. The average molecular weight is 144 g/mol. The summed E-state index contributed by atoms with van der Waals surface area (Å²) < 4.78 is 0.580. The van der Waals surface area contributed by atoms with Gasteiger partial charge in [-0.05, 0) is 13.3 Å². The minimum atomic E-state index is 0.268. The van der Waals surface area contributed by atoms with Crippen LogP contribution in [0.4, 0.5) is 0 Å². The predicted molar refractivity (Wildman–Crippen MR) is 42.6 cm³/mol. The maximum absolute atomic E-state index is 11.1. The van der Waals surface area contributed by atoms with Gasteiger partial charge in [0.1, 0.15) is 0 Å². The van der Waals surface area contributed by atoms with E-state index in [2.05, 4.69) is 13.8 Å². The average Bonchev–Trinajstić information content (AvgIpc) is 1.88. The fourth-order valence-electron chi connectivity index (χ4n) is 1.03. The lowest BCUT2D eigenvalue weighted by Crippen LogP contribution is -2.48. The third kappa shape index (κ3) is 2.10. The van der Waals surface area contributed by atoms with E-state index in [0.717, 1.165) is 19.5 Å². The third-order valence-corrected chi connectivity index (χ3v) is 2.18. The van der Waals surface area contributed by atoms with Crippen LogP contribution in [0.25, 0.3) is 0 Å². The smallest absolute Gasteiger partial charge is 0.263 e. The molecule has 0 heterocycles. The molecule has 0 aromatic heterocycles. The zero-order chi connectivity index (χ0) is 8.20. The van der Waals surface area contributed by atoms with Gasteiger partial charge in [-0.2, -0.15) is 0 Å². The molecule has 1 atom stereocenters. The van der Waals surface area contributed by atoms with Crippen LogP contribution in [-0.2, 0) is 4.79 Å². The lowest BCUT2D eigenvalue weighted by atomic mass is 10.3. The Hall–Kier alpha value is -0.370. The van der Waals surface area contributed by atoms with Gasteiger partial charge in [0.25, 0.3) is 0 Å². The molecule has 0 rings (SSSR count). The molecule has 0 fully saturated rings. The molecule has 0 spiro atoms.